The lowest BCUT2D eigenvalue weighted by atomic mass is 9.99. The fraction of sp³-hybridized carbons (Fsp3) is 0.385. The highest BCUT2D eigenvalue weighted by atomic mass is 32.2. The fourth-order valence-corrected chi connectivity index (χ4v) is 3.60. The molecule has 5 heteroatoms. The van der Waals surface area contributed by atoms with E-state index in [2.05, 4.69) is 11.4 Å². The van der Waals surface area contributed by atoms with Crippen molar-refractivity contribution < 1.29 is 14.3 Å². The first-order valence-corrected chi connectivity index (χ1v) is 6.91. The Balaban J connectivity index is 2.08. The summed E-state index contributed by atoms with van der Waals surface area (Å²) in [5.74, 6) is 0.685. The van der Waals surface area contributed by atoms with Gasteiger partial charge in [0.2, 0.25) is 6.10 Å². The van der Waals surface area contributed by atoms with Crippen molar-refractivity contribution in [1.82, 2.24) is 5.32 Å². The topological polar surface area (TPSA) is 55.4 Å². The van der Waals surface area contributed by atoms with E-state index in [0.717, 1.165) is 34.6 Å². The zero-order chi connectivity index (χ0) is 12.7. The van der Waals surface area contributed by atoms with E-state index < -0.39 is 12.2 Å². The first-order valence-electron chi connectivity index (χ1n) is 5.93. The van der Waals surface area contributed by atoms with Crippen LogP contribution in [-0.2, 0) is 16.0 Å². The molecule has 2 aliphatic heterocycles. The first kappa shape index (κ1) is 11.6. The van der Waals surface area contributed by atoms with Gasteiger partial charge in [-0.3, -0.25) is 10.1 Å². The largest absolute Gasteiger partial charge is 0.431 e. The summed E-state index contributed by atoms with van der Waals surface area (Å²) in [5.41, 5.74) is 3.19. The second-order valence-electron chi connectivity index (χ2n) is 4.57. The summed E-state index contributed by atoms with van der Waals surface area (Å²) in [6.45, 7) is 2.00. The Bertz CT molecular complexity index is 541. The highest BCUT2D eigenvalue weighted by Gasteiger charge is 2.36. The van der Waals surface area contributed by atoms with Crippen LogP contribution in [-0.4, -0.2) is 17.8 Å². The molecule has 0 radical (unpaired) electrons. The summed E-state index contributed by atoms with van der Waals surface area (Å²) in [5, 5.41) is 2.18. The molecule has 1 saturated heterocycles. The zero-order valence-corrected chi connectivity index (χ0v) is 10.8. The standard InChI is InChI=1S/C13H13NO3S/c1-7-5-8-3-2-4-18-11(8)9(6-7)10-12(15)14-13(16)17-10/h5-6,10H,2-4H2,1H3,(H,14,15,16). The third kappa shape index (κ3) is 1.88. The third-order valence-electron chi connectivity index (χ3n) is 3.15. The maximum absolute atomic E-state index is 11.7. The van der Waals surface area contributed by atoms with Crippen molar-refractivity contribution >= 4 is 23.8 Å². The molecule has 1 N–H and O–H groups in total. The van der Waals surface area contributed by atoms with E-state index in [1.54, 1.807) is 11.8 Å². The summed E-state index contributed by atoms with van der Waals surface area (Å²) < 4.78 is 5.07. The molecule has 4 nitrogen and oxygen atoms in total. The Morgan fingerprint density at radius 3 is 2.94 bits per heavy atom. The maximum Gasteiger partial charge on any atom is 0.415 e. The number of benzene rings is 1. The second kappa shape index (κ2) is 4.31. The predicted molar refractivity (Wildman–Crippen MR) is 67.6 cm³/mol. The molecule has 2 aliphatic rings. The minimum absolute atomic E-state index is 0.362. The van der Waals surface area contributed by atoms with Crippen LogP contribution in [0.2, 0.25) is 0 Å². The minimum atomic E-state index is -0.781. The number of carbonyl (C=O) groups excluding carboxylic acids is 2. The number of thioether (sulfide) groups is 1. The number of hydrogen-bond donors (Lipinski definition) is 1. The van der Waals surface area contributed by atoms with Crippen LogP contribution in [0.5, 0.6) is 0 Å². The molecule has 2 amide bonds. The quantitative estimate of drug-likeness (QED) is 0.845. The SMILES string of the molecule is Cc1cc2c(c(C3OC(=O)NC3=O)c1)SCCC2. The van der Waals surface area contributed by atoms with Gasteiger partial charge in [0.15, 0.2) is 0 Å². The molecular weight excluding hydrogens is 250 g/mol. The number of hydrogen-bond acceptors (Lipinski definition) is 4. The van der Waals surface area contributed by atoms with Crippen molar-refractivity contribution in [3.63, 3.8) is 0 Å². The van der Waals surface area contributed by atoms with E-state index in [-0.39, 0.29) is 5.91 Å². The number of cyclic esters (lactones) is 1. The smallest absolute Gasteiger partial charge is 0.415 e. The molecule has 1 unspecified atom stereocenters. The van der Waals surface area contributed by atoms with Gasteiger partial charge in [0.1, 0.15) is 0 Å². The Hall–Kier alpha value is -1.49. The van der Waals surface area contributed by atoms with Crippen LogP contribution < -0.4 is 5.32 Å². The Morgan fingerprint density at radius 2 is 2.22 bits per heavy atom. The molecule has 0 spiro atoms. The molecule has 3 rings (SSSR count). The molecule has 1 fully saturated rings. The van der Waals surface area contributed by atoms with E-state index in [1.807, 2.05) is 13.0 Å². The summed E-state index contributed by atoms with van der Waals surface area (Å²) >= 11 is 1.74. The summed E-state index contributed by atoms with van der Waals surface area (Å²) in [6.07, 6.45) is 0.745. The van der Waals surface area contributed by atoms with Gasteiger partial charge in [0.05, 0.1) is 0 Å². The Kier molecular flexibility index (Phi) is 2.78. The number of alkyl carbamates (subject to hydrolysis) is 1. The van der Waals surface area contributed by atoms with Gasteiger partial charge in [-0.15, -0.1) is 11.8 Å². The third-order valence-corrected chi connectivity index (χ3v) is 4.43. The molecule has 1 aromatic rings. The van der Waals surface area contributed by atoms with Gasteiger partial charge >= 0.3 is 6.09 Å². The predicted octanol–water partition coefficient (Wildman–Crippen LogP) is 2.34. The number of ether oxygens (including phenoxy) is 1. The highest BCUT2D eigenvalue weighted by molar-refractivity contribution is 7.99. The lowest BCUT2D eigenvalue weighted by Gasteiger charge is -2.21. The first-order chi connectivity index (χ1) is 8.65. The van der Waals surface area contributed by atoms with Crippen LogP contribution in [0.25, 0.3) is 0 Å². The average molecular weight is 263 g/mol. The van der Waals surface area contributed by atoms with Crippen LogP contribution in [0.15, 0.2) is 17.0 Å². The van der Waals surface area contributed by atoms with Crippen molar-refractivity contribution in [2.45, 2.75) is 30.8 Å². The highest BCUT2D eigenvalue weighted by Crippen LogP contribution is 2.38. The maximum atomic E-state index is 11.7. The molecule has 1 atom stereocenters. The number of aryl methyl sites for hydroxylation is 2. The van der Waals surface area contributed by atoms with Gasteiger partial charge in [-0.25, -0.2) is 4.79 Å². The molecule has 0 aromatic heterocycles. The van der Waals surface area contributed by atoms with E-state index in [1.165, 1.54) is 5.56 Å². The summed E-state index contributed by atoms with van der Waals surface area (Å²) in [6, 6.07) is 4.10. The normalized spacial score (nSPS) is 22.4. The second-order valence-corrected chi connectivity index (χ2v) is 5.67. The van der Waals surface area contributed by atoms with Gasteiger partial charge in [-0.05, 0) is 31.1 Å². The number of carbonyl (C=O) groups is 2. The minimum Gasteiger partial charge on any atom is -0.431 e. The molecular formula is C13H13NO3S. The number of amides is 2. The van der Waals surface area contributed by atoms with E-state index in [9.17, 15) is 9.59 Å². The van der Waals surface area contributed by atoms with Crippen LogP contribution in [0.1, 0.15) is 29.2 Å². The fourth-order valence-electron chi connectivity index (χ4n) is 2.43. The van der Waals surface area contributed by atoms with Gasteiger partial charge in [0.25, 0.3) is 5.91 Å². The monoisotopic (exact) mass is 263 g/mol. The molecule has 0 saturated carbocycles. The van der Waals surface area contributed by atoms with Crippen LogP contribution >= 0.6 is 11.8 Å². The lowest BCUT2D eigenvalue weighted by Crippen LogP contribution is -2.21. The molecule has 18 heavy (non-hydrogen) atoms. The molecule has 0 aliphatic carbocycles. The van der Waals surface area contributed by atoms with Crippen LogP contribution in [0.4, 0.5) is 4.79 Å². The van der Waals surface area contributed by atoms with Gasteiger partial charge in [0, 0.05) is 10.5 Å². The van der Waals surface area contributed by atoms with Gasteiger partial charge < -0.3 is 4.74 Å². The molecule has 94 valence electrons. The molecule has 2 heterocycles. The van der Waals surface area contributed by atoms with Gasteiger partial charge in [-0.2, -0.15) is 0 Å². The van der Waals surface area contributed by atoms with Crippen molar-refractivity contribution in [3.05, 3.63) is 28.8 Å². The number of imide groups is 1. The van der Waals surface area contributed by atoms with Crippen molar-refractivity contribution in [2.75, 3.05) is 5.75 Å². The zero-order valence-electron chi connectivity index (χ0n) is 9.99. The lowest BCUT2D eigenvalue weighted by molar-refractivity contribution is -0.123. The Morgan fingerprint density at radius 1 is 1.39 bits per heavy atom. The molecule has 1 aromatic carbocycles. The summed E-state index contributed by atoms with van der Waals surface area (Å²) in [7, 11) is 0. The van der Waals surface area contributed by atoms with Crippen molar-refractivity contribution in [3.8, 4) is 0 Å². The van der Waals surface area contributed by atoms with Crippen LogP contribution in [0, 0.1) is 6.92 Å². The van der Waals surface area contributed by atoms with E-state index >= 15 is 0 Å². The van der Waals surface area contributed by atoms with E-state index in [4.69, 9.17) is 4.74 Å². The van der Waals surface area contributed by atoms with Crippen LogP contribution in [0.3, 0.4) is 0 Å². The molecule has 0 bridgehead atoms. The van der Waals surface area contributed by atoms with Crippen molar-refractivity contribution in [2.24, 2.45) is 0 Å². The van der Waals surface area contributed by atoms with Gasteiger partial charge in [-0.1, -0.05) is 17.7 Å². The number of rotatable bonds is 1. The van der Waals surface area contributed by atoms with Crippen molar-refractivity contribution in [1.29, 1.82) is 0 Å². The Labute approximate surface area is 109 Å². The van der Waals surface area contributed by atoms with E-state index in [0.29, 0.717) is 0 Å². The number of fused-ring (bicyclic) bond motifs is 1. The number of nitrogens with one attached hydrogen (secondary N) is 1. The average Bonchev–Trinajstić information content (AvgIpc) is 2.67. The summed E-state index contributed by atoms with van der Waals surface area (Å²) in [4.78, 5) is 24.0.